The second-order valence-electron chi connectivity index (χ2n) is 4.79. The minimum Gasteiger partial charge on any atom is -0.495 e. The van der Waals surface area contributed by atoms with Crippen molar-refractivity contribution >= 4 is 17.3 Å². The van der Waals surface area contributed by atoms with E-state index in [-0.39, 0.29) is 5.91 Å². The summed E-state index contributed by atoms with van der Waals surface area (Å²) < 4.78 is 5.15. The van der Waals surface area contributed by atoms with E-state index in [1.54, 1.807) is 7.11 Å². The number of para-hydroxylation sites is 1. The third kappa shape index (κ3) is 4.05. The Morgan fingerprint density at radius 3 is 2.95 bits per heavy atom. The molecular weight excluding hydrogens is 242 g/mol. The van der Waals surface area contributed by atoms with Gasteiger partial charge in [-0.15, -0.1) is 0 Å². The van der Waals surface area contributed by atoms with Crippen molar-refractivity contribution in [2.45, 2.75) is 31.7 Å². The van der Waals surface area contributed by atoms with E-state index in [2.05, 4.69) is 10.6 Å². The molecule has 5 nitrogen and oxygen atoms in total. The number of carbonyl (C=O) groups excluding carboxylic acids is 1. The van der Waals surface area contributed by atoms with Crippen molar-refractivity contribution in [1.29, 1.82) is 0 Å². The number of rotatable bonds is 7. The van der Waals surface area contributed by atoms with Crippen LogP contribution >= 0.6 is 0 Å². The maximum atomic E-state index is 11.5. The number of carbonyl (C=O) groups is 1. The summed E-state index contributed by atoms with van der Waals surface area (Å²) in [6.45, 7) is 0.718. The van der Waals surface area contributed by atoms with Crippen LogP contribution in [0.2, 0.25) is 0 Å². The molecule has 0 spiro atoms. The third-order valence-corrected chi connectivity index (χ3v) is 3.12. The molecule has 0 radical (unpaired) electrons. The molecular formula is C14H21N3O2. The van der Waals surface area contributed by atoms with Crippen molar-refractivity contribution in [3.63, 3.8) is 0 Å². The van der Waals surface area contributed by atoms with Crippen LogP contribution in [0.15, 0.2) is 18.2 Å². The van der Waals surface area contributed by atoms with Gasteiger partial charge in [0.05, 0.1) is 18.5 Å². The summed E-state index contributed by atoms with van der Waals surface area (Å²) in [6.07, 6.45) is 3.59. The molecule has 1 aromatic rings. The largest absolute Gasteiger partial charge is 0.495 e. The smallest absolute Gasteiger partial charge is 0.220 e. The van der Waals surface area contributed by atoms with Crippen LogP contribution in [0.5, 0.6) is 5.75 Å². The maximum absolute atomic E-state index is 11.5. The van der Waals surface area contributed by atoms with Crippen LogP contribution in [-0.2, 0) is 4.79 Å². The highest BCUT2D eigenvalue weighted by Crippen LogP contribution is 2.28. The van der Waals surface area contributed by atoms with Gasteiger partial charge in [0.1, 0.15) is 5.75 Å². The number of ether oxygens (including phenoxy) is 1. The Bertz CT molecular complexity index is 444. The molecule has 0 aromatic heterocycles. The number of hydrogen-bond donors (Lipinski definition) is 3. The van der Waals surface area contributed by atoms with Gasteiger partial charge in [0.2, 0.25) is 5.91 Å². The number of amides is 1. The Labute approximate surface area is 113 Å². The highest BCUT2D eigenvalue weighted by atomic mass is 16.5. The number of hydrogen-bond acceptors (Lipinski definition) is 4. The molecule has 1 aliphatic rings. The fraction of sp³-hybridized carbons (Fsp3) is 0.500. The number of methoxy groups -OCH3 is 1. The Hall–Kier alpha value is -1.91. The monoisotopic (exact) mass is 263 g/mol. The minimum absolute atomic E-state index is 0.142. The molecule has 0 saturated heterocycles. The van der Waals surface area contributed by atoms with Crippen molar-refractivity contribution in [2.24, 2.45) is 0 Å². The topological polar surface area (TPSA) is 76.4 Å². The van der Waals surface area contributed by atoms with Gasteiger partial charge < -0.3 is 21.1 Å². The van der Waals surface area contributed by atoms with E-state index in [0.29, 0.717) is 23.9 Å². The summed E-state index contributed by atoms with van der Waals surface area (Å²) in [5.74, 6) is 0.805. The average molecular weight is 263 g/mol. The van der Waals surface area contributed by atoms with Crippen molar-refractivity contribution in [2.75, 3.05) is 24.7 Å². The standard InChI is InChI=1S/C14H21N3O2/c1-19-12-5-2-4-11(14(12)15)16-9-3-6-13(18)17-10-7-8-10/h2,4-5,10,16H,3,6-9,15H2,1H3,(H,17,18). The molecule has 4 N–H and O–H groups in total. The second-order valence-corrected chi connectivity index (χ2v) is 4.79. The summed E-state index contributed by atoms with van der Waals surface area (Å²) in [4.78, 5) is 11.5. The van der Waals surface area contributed by atoms with Crippen LogP contribution in [0, 0.1) is 0 Å². The Morgan fingerprint density at radius 1 is 1.47 bits per heavy atom. The highest BCUT2D eigenvalue weighted by Gasteiger charge is 2.22. The lowest BCUT2D eigenvalue weighted by atomic mass is 10.2. The van der Waals surface area contributed by atoms with Gasteiger partial charge >= 0.3 is 0 Å². The number of anilines is 2. The Kier molecular flexibility index (Phi) is 4.49. The van der Waals surface area contributed by atoms with Gasteiger partial charge in [0.25, 0.3) is 0 Å². The van der Waals surface area contributed by atoms with E-state index in [0.717, 1.165) is 31.5 Å². The number of benzene rings is 1. The lowest BCUT2D eigenvalue weighted by Crippen LogP contribution is -2.25. The molecule has 0 atom stereocenters. The van der Waals surface area contributed by atoms with E-state index >= 15 is 0 Å². The number of nitrogens with one attached hydrogen (secondary N) is 2. The lowest BCUT2D eigenvalue weighted by molar-refractivity contribution is -0.121. The summed E-state index contributed by atoms with van der Waals surface area (Å²) in [6, 6.07) is 6.05. The quantitative estimate of drug-likeness (QED) is 0.517. The van der Waals surface area contributed by atoms with E-state index in [9.17, 15) is 4.79 Å². The summed E-state index contributed by atoms with van der Waals surface area (Å²) in [5, 5.41) is 6.20. The van der Waals surface area contributed by atoms with Gasteiger partial charge in [-0.2, -0.15) is 0 Å². The molecule has 1 aromatic carbocycles. The van der Waals surface area contributed by atoms with E-state index in [1.807, 2.05) is 18.2 Å². The van der Waals surface area contributed by atoms with Gasteiger partial charge in [0, 0.05) is 19.0 Å². The first-order valence-electron chi connectivity index (χ1n) is 6.66. The van der Waals surface area contributed by atoms with Gasteiger partial charge in [-0.3, -0.25) is 4.79 Å². The minimum atomic E-state index is 0.142. The van der Waals surface area contributed by atoms with Crippen LogP contribution in [0.25, 0.3) is 0 Å². The molecule has 0 aliphatic heterocycles. The van der Waals surface area contributed by atoms with Crippen molar-refractivity contribution in [1.82, 2.24) is 5.32 Å². The van der Waals surface area contributed by atoms with E-state index in [1.165, 1.54) is 0 Å². The average Bonchev–Trinajstić information content (AvgIpc) is 3.20. The van der Waals surface area contributed by atoms with E-state index in [4.69, 9.17) is 10.5 Å². The zero-order chi connectivity index (χ0) is 13.7. The molecule has 0 heterocycles. The summed E-state index contributed by atoms with van der Waals surface area (Å²) in [5.41, 5.74) is 7.40. The molecule has 0 bridgehead atoms. The van der Waals surface area contributed by atoms with Crippen molar-refractivity contribution < 1.29 is 9.53 Å². The first-order chi connectivity index (χ1) is 9.20. The fourth-order valence-corrected chi connectivity index (χ4v) is 1.88. The molecule has 1 amide bonds. The molecule has 104 valence electrons. The maximum Gasteiger partial charge on any atom is 0.220 e. The molecule has 2 rings (SSSR count). The molecule has 1 saturated carbocycles. The third-order valence-electron chi connectivity index (χ3n) is 3.12. The Morgan fingerprint density at radius 2 is 2.26 bits per heavy atom. The van der Waals surface area contributed by atoms with Crippen LogP contribution < -0.4 is 21.1 Å². The normalized spacial score (nSPS) is 13.9. The van der Waals surface area contributed by atoms with E-state index < -0.39 is 0 Å². The number of nitrogen functional groups attached to an aromatic ring is 1. The van der Waals surface area contributed by atoms with Gasteiger partial charge in [0.15, 0.2) is 0 Å². The molecule has 5 heteroatoms. The van der Waals surface area contributed by atoms with Crippen molar-refractivity contribution in [3.8, 4) is 5.75 Å². The van der Waals surface area contributed by atoms with Gasteiger partial charge in [-0.1, -0.05) is 6.07 Å². The predicted molar refractivity (Wildman–Crippen MR) is 76.3 cm³/mol. The lowest BCUT2D eigenvalue weighted by Gasteiger charge is -2.12. The molecule has 19 heavy (non-hydrogen) atoms. The molecule has 1 aliphatic carbocycles. The summed E-state index contributed by atoms with van der Waals surface area (Å²) in [7, 11) is 1.59. The second kappa shape index (κ2) is 6.31. The molecule has 1 fully saturated rings. The number of nitrogens with two attached hydrogens (primary N) is 1. The van der Waals surface area contributed by atoms with Crippen LogP contribution in [0.4, 0.5) is 11.4 Å². The zero-order valence-corrected chi connectivity index (χ0v) is 11.2. The highest BCUT2D eigenvalue weighted by molar-refractivity contribution is 5.76. The van der Waals surface area contributed by atoms with Crippen LogP contribution in [-0.4, -0.2) is 25.6 Å². The van der Waals surface area contributed by atoms with Crippen molar-refractivity contribution in [3.05, 3.63) is 18.2 Å². The first kappa shape index (κ1) is 13.5. The molecule has 0 unspecified atom stereocenters. The SMILES string of the molecule is COc1cccc(NCCCC(=O)NC2CC2)c1N. The van der Waals surface area contributed by atoms with Crippen LogP contribution in [0.1, 0.15) is 25.7 Å². The summed E-state index contributed by atoms with van der Waals surface area (Å²) >= 11 is 0. The van der Waals surface area contributed by atoms with Gasteiger partial charge in [-0.05, 0) is 31.4 Å². The fourth-order valence-electron chi connectivity index (χ4n) is 1.88. The first-order valence-corrected chi connectivity index (χ1v) is 6.66. The Balaban J connectivity index is 1.71. The zero-order valence-electron chi connectivity index (χ0n) is 11.2. The van der Waals surface area contributed by atoms with Gasteiger partial charge in [-0.25, -0.2) is 0 Å². The van der Waals surface area contributed by atoms with Crippen LogP contribution in [0.3, 0.4) is 0 Å². The predicted octanol–water partition coefficient (Wildman–Crippen LogP) is 1.75.